The molecule has 1 aliphatic heterocycles. The van der Waals surface area contributed by atoms with Crippen LogP contribution in [0.25, 0.3) is 0 Å². The topological polar surface area (TPSA) is 37.4 Å². The molecular weight excluding hydrogens is 439 g/mol. The number of amides is 2. The van der Waals surface area contributed by atoms with Gasteiger partial charge in [-0.25, -0.2) is 4.90 Å². The van der Waals surface area contributed by atoms with E-state index >= 15 is 0 Å². The van der Waals surface area contributed by atoms with Crippen LogP contribution in [0.4, 0.5) is 18.9 Å². The highest BCUT2D eigenvalue weighted by Crippen LogP contribution is 2.61. The molecule has 2 atom stereocenters. The lowest BCUT2D eigenvalue weighted by Gasteiger charge is -2.45. The second kappa shape index (κ2) is 6.45. The van der Waals surface area contributed by atoms with E-state index < -0.39 is 35.4 Å². The van der Waals surface area contributed by atoms with Crippen molar-refractivity contribution in [3.05, 3.63) is 99.6 Å². The Kier molecular flexibility index (Phi) is 3.94. The van der Waals surface area contributed by atoms with E-state index in [1.54, 1.807) is 0 Å². The Bertz CT molecular complexity index is 1200. The number of nitrogens with zero attached hydrogens (tertiary/aromatic N) is 1. The van der Waals surface area contributed by atoms with Gasteiger partial charge in [0.2, 0.25) is 11.8 Å². The van der Waals surface area contributed by atoms with E-state index in [9.17, 15) is 22.8 Å². The summed E-state index contributed by atoms with van der Waals surface area (Å²) in [4.78, 5) is 28.2. The van der Waals surface area contributed by atoms with Gasteiger partial charge in [0, 0.05) is 11.8 Å². The number of carbonyl (C=O) groups is 2. The molecule has 160 valence electrons. The number of benzene rings is 3. The van der Waals surface area contributed by atoms with Gasteiger partial charge >= 0.3 is 6.18 Å². The van der Waals surface area contributed by atoms with Crippen molar-refractivity contribution in [2.45, 2.75) is 18.0 Å². The second-order valence-corrected chi connectivity index (χ2v) is 8.85. The standard InChI is InChI=1S/C25H15ClF3NO2/c26-17-10-9-12(25(27,28)29)11-18(17)30-23(31)21-19-13-5-1-2-6-14(13)20(22(21)24(30)32)16-8-4-3-7-15(16)19/h1-11,19-22H/t19?,20?,21-,22-/m0/s1. The summed E-state index contributed by atoms with van der Waals surface area (Å²) in [5.41, 5.74) is 2.82. The molecule has 0 N–H and O–H groups in total. The Balaban J connectivity index is 1.54. The van der Waals surface area contributed by atoms with E-state index in [1.165, 1.54) is 0 Å². The van der Waals surface area contributed by atoms with Crippen molar-refractivity contribution in [1.82, 2.24) is 0 Å². The highest BCUT2D eigenvalue weighted by molar-refractivity contribution is 6.36. The first-order valence-corrected chi connectivity index (χ1v) is 10.6. The monoisotopic (exact) mass is 453 g/mol. The first kappa shape index (κ1) is 19.6. The number of halogens is 4. The van der Waals surface area contributed by atoms with Crippen LogP contribution in [0.1, 0.15) is 39.7 Å². The molecule has 0 aromatic heterocycles. The maximum atomic E-state index is 13.6. The number of carbonyl (C=O) groups excluding carboxylic acids is 2. The molecule has 1 fully saturated rings. The number of imide groups is 1. The van der Waals surface area contributed by atoms with Crippen LogP contribution in [0.2, 0.25) is 5.02 Å². The number of anilines is 1. The predicted molar refractivity (Wildman–Crippen MR) is 112 cm³/mol. The molecule has 7 rings (SSSR count). The minimum Gasteiger partial charge on any atom is -0.274 e. The van der Waals surface area contributed by atoms with E-state index in [-0.39, 0.29) is 22.5 Å². The van der Waals surface area contributed by atoms with Gasteiger partial charge < -0.3 is 0 Å². The van der Waals surface area contributed by atoms with Gasteiger partial charge in [-0.1, -0.05) is 60.1 Å². The zero-order valence-electron chi connectivity index (χ0n) is 16.4. The van der Waals surface area contributed by atoms with Crippen molar-refractivity contribution in [1.29, 1.82) is 0 Å². The van der Waals surface area contributed by atoms with Gasteiger partial charge in [-0.3, -0.25) is 9.59 Å². The molecule has 32 heavy (non-hydrogen) atoms. The minimum absolute atomic E-state index is 0.0688. The molecule has 2 bridgehead atoms. The third-order valence-electron chi connectivity index (χ3n) is 6.96. The number of hydrogen-bond donors (Lipinski definition) is 0. The van der Waals surface area contributed by atoms with Gasteiger partial charge in [0.05, 0.1) is 28.1 Å². The van der Waals surface area contributed by atoms with E-state index in [1.807, 2.05) is 48.5 Å². The molecule has 4 aliphatic rings. The highest BCUT2D eigenvalue weighted by atomic mass is 35.5. The van der Waals surface area contributed by atoms with Crippen molar-refractivity contribution in [2.24, 2.45) is 11.8 Å². The van der Waals surface area contributed by atoms with Crippen LogP contribution in [-0.2, 0) is 15.8 Å². The van der Waals surface area contributed by atoms with Crippen LogP contribution >= 0.6 is 11.6 Å². The first-order chi connectivity index (χ1) is 15.3. The Labute approximate surface area is 186 Å². The van der Waals surface area contributed by atoms with Crippen molar-refractivity contribution >= 4 is 29.1 Å². The fraction of sp³-hybridized carbons (Fsp3) is 0.200. The van der Waals surface area contributed by atoms with E-state index in [0.29, 0.717) is 0 Å². The molecule has 3 aromatic rings. The molecule has 0 unspecified atom stereocenters. The Hall–Kier alpha value is -3.12. The van der Waals surface area contributed by atoms with Gasteiger partial charge in [-0.05, 0) is 40.5 Å². The molecule has 0 saturated carbocycles. The zero-order valence-corrected chi connectivity index (χ0v) is 17.2. The average molecular weight is 454 g/mol. The van der Waals surface area contributed by atoms with Crippen LogP contribution < -0.4 is 4.90 Å². The molecule has 0 spiro atoms. The van der Waals surface area contributed by atoms with E-state index in [0.717, 1.165) is 45.4 Å². The van der Waals surface area contributed by atoms with Gasteiger partial charge in [-0.2, -0.15) is 13.2 Å². The molecule has 7 heteroatoms. The molecule has 2 amide bonds. The summed E-state index contributed by atoms with van der Waals surface area (Å²) in [6.45, 7) is 0. The summed E-state index contributed by atoms with van der Waals surface area (Å²) in [5.74, 6) is -3.02. The van der Waals surface area contributed by atoms with E-state index in [4.69, 9.17) is 11.6 Å². The van der Waals surface area contributed by atoms with Crippen molar-refractivity contribution in [3.8, 4) is 0 Å². The number of rotatable bonds is 1. The summed E-state index contributed by atoms with van der Waals surface area (Å²) >= 11 is 6.21. The van der Waals surface area contributed by atoms with Crippen LogP contribution in [0.3, 0.4) is 0 Å². The normalized spacial score (nSPS) is 25.6. The third-order valence-corrected chi connectivity index (χ3v) is 7.28. The molecule has 1 heterocycles. The maximum absolute atomic E-state index is 13.6. The van der Waals surface area contributed by atoms with Crippen LogP contribution in [0, 0.1) is 11.8 Å². The Morgan fingerprint density at radius 2 is 1.16 bits per heavy atom. The quantitative estimate of drug-likeness (QED) is 0.440. The lowest BCUT2D eigenvalue weighted by Crippen LogP contribution is -2.41. The van der Waals surface area contributed by atoms with Gasteiger partial charge in [-0.15, -0.1) is 0 Å². The SMILES string of the molecule is O=C1[C@H]2C3c4ccccc4C(c4ccccc43)[C@@H]2C(=O)N1c1cc(C(F)(F)F)ccc1Cl. The summed E-state index contributed by atoms with van der Waals surface area (Å²) in [6, 6.07) is 18.2. The lowest BCUT2D eigenvalue weighted by atomic mass is 9.55. The van der Waals surface area contributed by atoms with Crippen molar-refractivity contribution < 1.29 is 22.8 Å². The van der Waals surface area contributed by atoms with Crippen molar-refractivity contribution in [3.63, 3.8) is 0 Å². The Morgan fingerprint density at radius 3 is 1.56 bits per heavy atom. The predicted octanol–water partition coefficient (Wildman–Crippen LogP) is 5.76. The van der Waals surface area contributed by atoms with Crippen LogP contribution in [-0.4, -0.2) is 11.8 Å². The van der Waals surface area contributed by atoms with Gasteiger partial charge in [0.25, 0.3) is 0 Å². The lowest BCUT2D eigenvalue weighted by molar-refractivity contribution is -0.137. The van der Waals surface area contributed by atoms with Crippen LogP contribution in [0.15, 0.2) is 66.7 Å². The van der Waals surface area contributed by atoms with Gasteiger partial charge in [0.15, 0.2) is 0 Å². The summed E-state index contributed by atoms with van der Waals surface area (Å²) in [5, 5.41) is -0.0688. The molecule has 3 nitrogen and oxygen atoms in total. The molecule has 0 radical (unpaired) electrons. The summed E-state index contributed by atoms with van der Waals surface area (Å²) in [6.07, 6.45) is -4.62. The van der Waals surface area contributed by atoms with Crippen molar-refractivity contribution in [2.75, 3.05) is 4.90 Å². The molecular formula is C25H15ClF3NO2. The summed E-state index contributed by atoms with van der Waals surface area (Å²) in [7, 11) is 0. The van der Waals surface area contributed by atoms with E-state index in [2.05, 4.69) is 0 Å². The second-order valence-electron chi connectivity index (χ2n) is 8.44. The molecule has 3 aromatic carbocycles. The largest absolute Gasteiger partial charge is 0.416 e. The minimum atomic E-state index is -4.62. The highest BCUT2D eigenvalue weighted by Gasteiger charge is 2.62. The van der Waals surface area contributed by atoms with Gasteiger partial charge in [0.1, 0.15) is 0 Å². The molecule has 3 aliphatic carbocycles. The first-order valence-electron chi connectivity index (χ1n) is 10.2. The fourth-order valence-corrected chi connectivity index (χ4v) is 5.98. The number of alkyl halides is 3. The van der Waals surface area contributed by atoms with Crippen LogP contribution in [0.5, 0.6) is 0 Å². The summed E-state index contributed by atoms with van der Waals surface area (Å²) < 4.78 is 40.0. The third kappa shape index (κ3) is 2.44. The smallest absolute Gasteiger partial charge is 0.274 e. The fourth-order valence-electron chi connectivity index (χ4n) is 5.78. The average Bonchev–Trinajstić information content (AvgIpc) is 3.04. The number of hydrogen-bond acceptors (Lipinski definition) is 2. The maximum Gasteiger partial charge on any atom is 0.416 e. The zero-order chi connectivity index (χ0) is 22.4. The molecule has 1 saturated heterocycles. The Morgan fingerprint density at radius 1 is 0.719 bits per heavy atom.